The summed E-state index contributed by atoms with van der Waals surface area (Å²) in [5.74, 6) is -0.515. The number of aryl methyl sites for hydroxylation is 1. The maximum Gasteiger partial charge on any atom is 0.224 e. The largest absolute Gasteiger partial charge is 0.372 e. The first-order valence-corrected chi connectivity index (χ1v) is 15.6. The number of nitrogens with zero attached hydrogens (tertiary/aromatic N) is 3. The number of rotatable bonds is 13. The minimum atomic E-state index is -0.850. The maximum atomic E-state index is 12.3. The van der Waals surface area contributed by atoms with Gasteiger partial charge in [0.25, 0.3) is 0 Å². The summed E-state index contributed by atoms with van der Waals surface area (Å²) in [4.78, 5) is 28.7. The minimum absolute atomic E-state index is 0.155. The summed E-state index contributed by atoms with van der Waals surface area (Å²) in [6.07, 6.45) is 5.70. The molecule has 0 heterocycles. The average Bonchev–Trinajstić information content (AvgIpc) is 3.03. The Balaban J connectivity index is 1.78. The van der Waals surface area contributed by atoms with E-state index < -0.39 is 6.04 Å². The number of carbonyl (C=O) groups is 1. The van der Waals surface area contributed by atoms with Crippen LogP contribution in [0.15, 0.2) is 90.5 Å². The van der Waals surface area contributed by atoms with Crippen LogP contribution in [-0.4, -0.2) is 43.4 Å². The number of allylic oxidation sites excluding steroid dienone is 2. The lowest BCUT2D eigenvalue weighted by atomic mass is 9.72. The van der Waals surface area contributed by atoms with Gasteiger partial charge in [-0.2, -0.15) is 0 Å². The first kappa shape index (κ1) is 31.7. The molecule has 0 radical (unpaired) electrons. The summed E-state index contributed by atoms with van der Waals surface area (Å²) in [5, 5.41) is 12.3. The third-order valence-corrected chi connectivity index (χ3v) is 8.84. The van der Waals surface area contributed by atoms with Gasteiger partial charge in [-0.05, 0) is 99.1 Å². The minimum Gasteiger partial charge on any atom is -0.372 e. The van der Waals surface area contributed by atoms with Gasteiger partial charge < -0.3 is 9.80 Å². The SMILES string of the molecule is CCN(CC)c1ccc(C(=CC[C@H]2C=C(C=O)C[C@H]([N+](=O)[O-])[C@@H]2c2ccc(C)cc2)c2ccc(N(CC)CC)cc2)cc1. The highest BCUT2D eigenvalue weighted by Gasteiger charge is 2.41. The molecule has 1 aliphatic rings. The number of aldehydes is 1. The van der Waals surface area contributed by atoms with Crippen LogP contribution in [0, 0.1) is 23.0 Å². The quantitative estimate of drug-likeness (QED) is 0.116. The zero-order chi connectivity index (χ0) is 30.9. The highest BCUT2D eigenvalue weighted by molar-refractivity contribution is 5.81. The van der Waals surface area contributed by atoms with Gasteiger partial charge in [-0.1, -0.05) is 66.2 Å². The van der Waals surface area contributed by atoms with Gasteiger partial charge in [0, 0.05) is 48.9 Å². The third kappa shape index (κ3) is 7.42. The molecule has 0 fully saturated rings. The van der Waals surface area contributed by atoms with Crippen molar-refractivity contribution in [3.05, 3.63) is 123 Å². The van der Waals surface area contributed by atoms with E-state index in [2.05, 4.69) is 92.1 Å². The number of benzene rings is 3. The number of anilines is 2. The first-order valence-electron chi connectivity index (χ1n) is 15.6. The van der Waals surface area contributed by atoms with Crippen LogP contribution >= 0.6 is 0 Å². The smallest absolute Gasteiger partial charge is 0.224 e. The first-order chi connectivity index (χ1) is 20.8. The molecule has 226 valence electrons. The van der Waals surface area contributed by atoms with E-state index in [1.807, 2.05) is 37.3 Å². The predicted octanol–water partition coefficient (Wildman–Crippen LogP) is 8.08. The summed E-state index contributed by atoms with van der Waals surface area (Å²) in [6.45, 7) is 14.4. The molecule has 0 aromatic heterocycles. The van der Waals surface area contributed by atoms with Crippen LogP contribution < -0.4 is 9.80 Å². The fourth-order valence-electron chi connectivity index (χ4n) is 6.40. The molecule has 0 aliphatic heterocycles. The molecule has 0 saturated heterocycles. The van der Waals surface area contributed by atoms with Crippen LogP contribution in [0.25, 0.3) is 5.57 Å². The Morgan fingerprint density at radius 3 is 1.72 bits per heavy atom. The fourth-order valence-corrected chi connectivity index (χ4v) is 6.40. The van der Waals surface area contributed by atoms with E-state index in [0.717, 1.165) is 60.3 Å². The number of nitro groups is 1. The Kier molecular flexibility index (Phi) is 10.9. The fraction of sp³-hybridized carbons (Fsp3) is 0.378. The molecule has 4 rings (SSSR count). The molecular weight excluding hydrogens is 534 g/mol. The maximum absolute atomic E-state index is 12.3. The van der Waals surface area contributed by atoms with Gasteiger partial charge in [-0.3, -0.25) is 14.9 Å². The lowest BCUT2D eigenvalue weighted by Crippen LogP contribution is -2.35. The average molecular weight is 580 g/mol. The molecule has 0 saturated carbocycles. The van der Waals surface area contributed by atoms with Crippen molar-refractivity contribution in [2.24, 2.45) is 5.92 Å². The van der Waals surface area contributed by atoms with Crippen LogP contribution in [0.2, 0.25) is 0 Å². The lowest BCUT2D eigenvalue weighted by Gasteiger charge is -2.31. The summed E-state index contributed by atoms with van der Waals surface area (Å²) >= 11 is 0. The van der Waals surface area contributed by atoms with Gasteiger partial charge in [0.15, 0.2) is 0 Å². The summed E-state index contributed by atoms with van der Waals surface area (Å²) in [5.41, 5.74) is 8.22. The van der Waals surface area contributed by atoms with E-state index in [-0.39, 0.29) is 23.2 Å². The van der Waals surface area contributed by atoms with E-state index in [1.54, 1.807) is 0 Å². The van der Waals surface area contributed by atoms with Crippen LogP contribution in [0.3, 0.4) is 0 Å². The summed E-state index contributed by atoms with van der Waals surface area (Å²) < 4.78 is 0. The zero-order valence-corrected chi connectivity index (χ0v) is 26.2. The van der Waals surface area contributed by atoms with Crippen LogP contribution in [0.5, 0.6) is 0 Å². The van der Waals surface area contributed by atoms with E-state index >= 15 is 0 Å². The molecule has 43 heavy (non-hydrogen) atoms. The van der Waals surface area contributed by atoms with E-state index in [4.69, 9.17) is 0 Å². The molecule has 0 unspecified atom stereocenters. The normalized spacial score (nSPS) is 18.0. The molecular formula is C37H45N3O3. The van der Waals surface area contributed by atoms with Crippen LogP contribution in [-0.2, 0) is 4.79 Å². The molecule has 0 bridgehead atoms. The molecule has 3 aromatic rings. The standard InChI is InChI=1S/C37H45N3O3/c1-6-38(7-2)33-19-14-29(15-20-33)35(30-16-21-34(22-17-30)39(8-3)9-4)23-18-32-24-28(26-41)25-36(40(42)43)37(32)31-12-10-27(5)11-13-31/h10-17,19-24,26,32,36-37H,6-9,18,25H2,1-5H3/t32-,36-,37+/m0/s1. The molecule has 0 N–H and O–H groups in total. The van der Waals surface area contributed by atoms with Crippen LogP contribution in [0.1, 0.15) is 68.7 Å². The van der Waals surface area contributed by atoms with Crippen molar-refractivity contribution in [1.82, 2.24) is 0 Å². The van der Waals surface area contributed by atoms with Gasteiger partial charge in [-0.15, -0.1) is 0 Å². The number of carbonyl (C=O) groups excluding carboxylic acids is 1. The molecule has 1 aliphatic carbocycles. The molecule has 0 spiro atoms. The Morgan fingerprint density at radius 2 is 1.30 bits per heavy atom. The van der Waals surface area contributed by atoms with E-state index in [9.17, 15) is 14.9 Å². The Bertz CT molecular complexity index is 1360. The highest BCUT2D eigenvalue weighted by Crippen LogP contribution is 2.41. The molecule has 3 atom stereocenters. The van der Waals surface area contributed by atoms with Crippen molar-refractivity contribution >= 4 is 23.2 Å². The van der Waals surface area contributed by atoms with Gasteiger partial charge in [0.05, 0.1) is 5.92 Å². The van der Waals surface area contributed by atoms with Crippen molar-refractivity contribution in [1.29, 1.82) is 0 Å². The summed E-state index contributed by atoms with van der Waals surface area (Å²) in [7, 11) is 0. The Morgan fingerprint density at radius 1 is 0.814 bits per heavy atom. The highest BCUT2D eigenvalue weighted by atomic mass is 16.6. The number of hydrogen-bond donors (Lipinski definition) is 0. The van der Waals surface area contributed by atoms with Gasteiger partial charge in [0.2, 0.25) is 6.04 Å². The van der Waals surface area contributed by atoms with E-state index in [0.29, 0.717) is 12.0 Å². The zero-order valence-electron chi connectivity index (χ0n) is 26.2. The Hall–Kier alpha value is -4.19. The van der Waals surface area contributed by atoms with Crippen molar-refractivity contribution < 1.29 is 9.72 Å². The second kappa shape index (κ2) is 14.8. The second-order valence-electron chi connectivity index (χ2n) is 11.3. The number of hydrogen-bond acceptors (Lipinski definition) is 5. The Labute approximate surface area is 256 Å². The van der Waals surface area contributed by atoms with Crippen molar-refractivity contribution in [3.63, 3.8) is 0 Å². The van der Waals surface area contributed by atoms with Crippen molar-refractivity contribution in [2.45, 2.75) is 59.4 Å². The van der Waals surface area contributed by atoms with E-state index in [1.165, 1.54) is 11.4 Å². The molecule has 0 amide bonds. The predicted molar refractivity (Wildman–Crippen MR) is 179 cm³/mol. The van der Waals surface area contributed by atoms with Crippen molar-refractivity contribution in [3.8, 4) is 0 Å². The molecule has 3 aromatic carbocycles. The molecule has 6 nitrogen and oxygen atoms in total. The summed E-state index contributed by atoms with van der Waals surface area (Å²) in [6, 6.07) is 24.5. The monoisotopic (exact) mass is 579 g/mol. The second-order valence-corrected chi connectivity index (χ2v) is 11.3. The van der Waals surface area contributed by atoms with Gasteiger partial charge in [-0.25, -0.2) is 0 Å². The van der Waals surface area contributed by atoms with Crippen molar-refractivity contribution in [2.75, 3.05) is 36.0 Å². The van der Waals surface area contributed by atoms with Crippen LogP contribution in [0.4, 0.5) is 11.4 Å². The third-order valence-electron chi connectivity index (χ3n) is 8.84. The topological polar surface area (TPSA) is 66.7 Å². The molecule has 6 heteroatoms. The lowest BCUT2D eigenvalue weighted by molar-refractivity contribution is -0.528. The van der Waals surface area contributed by atoms with Gasteiger partial charge in [0.1, 0.15) is 6.29 Å². The van der Waals surface area contributed by atoms with Gasteiger partial charge >= 0.3 is 0 Å².